The first-order chi connectivity index (χ1) is 17.1. The molecule has 0 aromatic heterocycles. The van der Waals surface area contributed by atoms with Crippen molar-refractivity contribution in [2.45, 2.75) is 31.9 Å². The van der Waals surface area contributed by atoms with Crippen LogP contribution in [0.25, 0.3) is 0 Å². The number of aliphatic imine (C=N–C) groups is 2. The maximum absolute atomic E-state index is 14.0. The molecule has 0 radical (unpaired) electrons. The Balaban J connectivity index is 1.48. The zero-order chi connectivity index (χ0) is 25.7. The van der Waals surface area contributed by atoms with Gasteiger partial charge in [0, 0.05) is 19.0 Å². The lowest BCUT2D eigenvalue weighted by molar-refractivity contribution is 0.0437. The molecule has 188 valence electrons. The van der Waals surface area contributed by atoms with Gasteiger partial charge in [0.2, 0.25) is 11.9 Å². The lowest BCUT2D eigenvalue weighted by Crippen LogP contribution is -2.61. The summed E-state index contributed by atoms with van der Waals surface area (Å²) in [5.74, 6) is -2.73. The van der Waals surface area contributed by atoms with E-state index in [0.717, 1.165) is 17.7 Å². The number of hydrogen-bond acceptors (Lipinski definition) is 5. The third-order valence-corrected chi connectivity index (χ3v) is 6.60. The Kier molecular flexibility index (Phi) is 5.95. The van der Waals surface area contributed by atoms with Crippen molar-refractivity contribution in [2.24, 2.45) is 15.9 Å². The third kappa shape index (κ3) is 4.19. The molecule has 11 heteroatoms. The van der Waals surface area contributed by atoms with Gasteiger partial charge >= 0.3 is 6.03 Å². The van der Waals surface area contributed by atoms with Gasteiger partial charge in [-0.25, -0.2) is 28.0 Å². The van der Waals surface area contributed by atoms with Crippen LogP contribution < -0.4 is 10.1 Å². The van der Waals surface area contributed by atoms with Gasteiger partial charge in [-0.3, -0.25) is 15.1 Å². The molecule has 1 saturated heterocycles. The number of hydrogen-bond donors (Lipinski definition) is 2. The van der Waals surface area contributed by atoms with Crippen molar-refractivity contribution in [3.8, 4) is 5.75 Å². The molecule has 0 bridgehead atoms. The highest BCUT2D eigenvalue weighted by molar-refractivity contribution is 6.16. The van der Waals surface area contributed by atoms with Crippen LogP contribution in [-0.2, 0) is 0 Å². The fraction of sp³-hybridized carbons (Fsp3) is 0.320. The first-order valence-electron chi connectivity index (χ1n) is 11.4. The van der Waals surface area contributed by atoms with Crippen molar-refractivity contribution >= 4 is 23.6 Å². The summed E-state index contributed by atoms with van der Waals surface area (Å²) in [5, 5.41) is 12.2. The molecule has 3 aliphatic rings. The van der Waals surface area contributed by atoms with Crippen molar-refractivity contribution in [1.82, 2.24) is 15.1 Å². The summed E-state index contributed by atoms with van der Waals surface area (Å²) in [6.07, 6.45) is 0.862. The van der Waals surface area contributed by atoms with Gasteiger partial charge in [-0.2, -0.15) is 0 Å². The van der Waals surface area contributed by atoms with Crippen LogP contribution in [0.5, 0.6) is 5.75 Å². The summed E-state index contributed by atoms with van der Waals surface area (Å²) in [6.45, 7) is 5.86. The predicted octanol–water partition coefficient (Wildman–Crippen LogP) is 4.13. The van der Waals surface area contributed by atoms with Crippen LogP contribution in [0.3, 0.4) is 0 Å². The number of ether oxygens (including phenoxy) is 1. The highest BCUT2D eigenvalue weighted by atomic mass is 19.2. The van der Waals surface area contributed by atoms with E-state index in [2.05, 4.69) is 21.9 Å². The number of fused-ring (bicyclic) bond motifs is 1. The summed E-state index contributed by atoms with van der Waals surface area (Å²) >= 11 is 0. The molecule has 2 amide bonds. The Morgan fingerprint density at radius 3 is 2.58 bits per heavy atom. The SMILES string of the molecule is C=C(Oc1ccc(C)c(N=C2NC(=O)N(C)C3=NCC(c4cc(F)c(F)c(F)c4)N23)c1)C1CC(O)C1. The van der Waals surface area contributed by atoms with Crippen LogP contribution in [0.2, 0.25) is 0 Å². The van der Waals surface area contributed by atoms with E-state index < -0.39 is 29.5 Å². The lowest BCUT2D eigenvalue weighted by atomic mass is 9.81. The average molecular weight is 499 g/mol. The number of carbonyl (C=O) groups is 1. The van der Waals surface area contributed by atoms with E-state index in [1.807, 2.05) is 6.92 Å². The quantitative estimate of drug-likeness (QED) is 0.478. The first kappa shape index (κ1) is 23.9. The van der Waals surface area contributed by atoms with Crippen molar-refractivity contribution in [3.05, 3.63) is 71.2 Å². The molecule has 1 aliphatic carbocycles. The van der Waals surface area contributed by atoms with Gasteiger partial charge in [-0.15, -0.1) is 0 Å². The number of nitrogens with one attached hydrogen (secondary N) is 1. The molecule has 8 nitrogen and oxygen atoms in total. The van der Waals surface area contributed by atoms with Gasteiger partial charge in [0.15, 0.2) is 17.5 Å². The molecule has 1 saturated carbocycles. The van der Waals surface area contributed by atoms with Crippen molar-refractivity contribution in [3.63, 3.8) is 0 Å². The number of guanidine groups is 2. The summed E-state index contributed by atoms with van der Waals surface area (Å²) in [7, 11) is 1.51. The molecular formula is C25H24F3N5O3. The number of nitrogens with zero attached hydrogens (tertiary/aromatic N) is 4. The average Bonchev–Trinajstić information content (AvgIpc) is 3.26. The van der Waals surface area contributed by atoms with Crippen LogP contribution >= 0.6 is 0 Å². The molecule has 2 heterocycles. The fourth-order valence-electron chi connectivity index (χ4n) is 4.38. The Bertz CT molecular complexity index is 1300. The highest BCUT2D eigenvalue weighted by Gasteiger charge is 2.41. The van der Waals surface area contributed by atoms with E-state index in [1.165, 1.54) is 11.9 Å². The van der Waals surface area contributed by atoms with E-state index >= 15 is 0 Å². The van der Waals surface area contributed by atoms with Gasteiger partial charge < -0.3 is 9.84 Å². The molecule has 2 aromatic carbocycles. The van der Waals surface area contributed by atoms with E-state index in [-0.39, 0.29) is 36.0 Å². The van der Waals surface area contributed by atoms with Crippen LogP contribution in [0.4, 0.5) is 23.7 Å². The first-order valence-corrected chi connectivity index (χ1v) is 11.4. The van der Waals surface area contributed by atoms with Crippen LogP contribution in [0, 0.1) is 30.3 Å². The maximum atomic E-state index is 14.0. The summed E-state index contributed by atoms with van der Waals surface area (Å²) in [5.41, 5.74) is 1.41. The monoisotopic (exact) mass is 499 g/mol. The molecule has 2 N–H and O–H groups in total. The Morgan fingerprint density at radius 2 is 1.92 bits per heavy atom. The lowest BCUT2D eigenvalue weighted by Gasteiger charge is -2.36. The molecule has 5 rings (SSSR count). The molecular weight excluding hydrogens is 475 g/mol. The number of urea groups is 1. The van der Waals surface area contributed by atoms with Gasteiger partial charge in [0.25, 0.3) is 0 Å². The van der Waals surface area contributed by atoms with Gasteiger partial charge in [-0.05, 0) is 49.1 Å². The van der Waals surface area contributed by atoms with E-state index in [1.54, 1.807) is 23.1 Å². The fourth-order valence-corrected chi connectivity index (χ4v) is 4.38. The second-order valence-electron chi connectivity index (χ2n) is 9.09. The Morgan fingerprint density at radius 1 is 1.22 bits per heavy atom. The second-order valence-corrected chi connectivity index (χ2v) is 9.09. The zero-order valence-corrected chi connectivity index (χ0v) is 19.6. The number of aliphatic hydroxyl groups excluding tert-OH is 1. The Labute approximate surface area is 205 Å². The van der Waals surface area contributed by atoms with Crippen molar-refractivity contribution in [1.29, 1.82) is 0 Å². The van der Waals surface area contributed by atoms with Gasteiger partial charge in [0.05, 0.1) is 24.4 Å². The topological polar surface area (TPSA) is 89.8 Å². The normalized spacial score (nSPS) is 24.3. The number of aryl methyl sites for hydroxylation is 1. The number of benzene rings is 2. The molecule has 2 aliphatic heterocycles. The summed E-state index contributed by atoms with van der Waals surface area (Å²) in [6, 6.07) is 5.87. The minimum Gasteiger partial charge on any atom is -0.462 e. The molecule has 2 aromatic rings. The molecule has 0 spiro atoms. The molecule has 2 fully saturated rings. The van der Waals surface area contributed by atoms with Crippen molar-refractivity contribution < 1.29 is 27.8 Å². The molecule has 1 atom stereocenters. The Hall–Kier alpha value is -3.86. The van der Waals surface area contributed by atoms with Crippen molar-refractivity contribution in [2.75, 3.05) is 13.6 Å². The minimum absolute atomic E-state index is 0.0739. The van der Waals surface area contributed by atoms with Crippen LogP contribution in [0.1, 0.15) is 30.0 Å². The second kappa shape index (κ2) is 8.98. The highest BCUT2D eigenvalue weighted by Crippen LogP contribution is 2.36. The minimum atomic E-state index is -1.55. The largest absolute Gasteiger partial charge is 0.462 e. The maximum Gasteiger partial charge on any atom is 0.330 e. The van der Waals surface area contributed by atoms with Gasteiger partial charge in [-0.1, -0.05) is 12.6 Å². The zero-order valence-electron chi connectivity index (χ0n) is 19.6. The smallest absolute Gasteiger partial charge is 0.330 e. The number of allylic oxidation sites excluding steroid dienone is 1. The molecule has 1 unspecified atom stereocenters. The van der Waals surface area contributed by atoms with Crippen LogP contribution in [0.15, 0.2) is 52.7 Å². The standard InChI is InChI=1S/C25H24F3N5O3/c1-12-4-5-17(36-13(2)14-6-16(34)7-14)10-20(12)30-23-31-25(35)32(3)24-29-11-21(33(23)24)15-8-18(26)22(28)19(27)9-15/h4-5,8-10,14,16,21,34H,2,6-7,11H2,1,3H3,(H,30,31,35). The number of aliphatic hydroxyl groups is 1. The number of rotatable bonds is 5. The number of halogens is 3. The number of amides is 2. The van der Waals surface area contributed by atoms with Crippen LogP contribution in [-0.4, -0.2) is 52.6 Å². The predicted molar refractivity (Wildman–Crippen MR) is 126 cm³/mol. The van der Waals surface area contributed by atoms with E-state index in [9.17, 15) is 23.1 Å². The number of carbonyl (C=O) groups excluding carboxylic acids is 1. The van der Waals surface area contributed by atoms with Gasteiger partial charge in [0.1, 0.15) is 11.5 Å². The third-order valence-electron chi connectivity index (χ3n) is 6.60. The summed E-state index contributed by atoms with van der Waals surface area (Å²) < 4.78 is 47.4. The molecule has 36 heavy (non-hydrogen) atoms. The summed E-state index contributed by atoms with van der Waals surface area (Å²) in [4.78, 5) is 24.4. The van der Waals surface area contributed by atoms with E-state index in [4.69, 9.17) is 4.74 Å². The van der Waals surface area contributed by atoms with E-state index in [0.29, 0.717) is 30.0 Å².